The summed E-state index contributed by atoms with van der Waals surface area (Å²) in [5.41, 5.74) is -4.48. The zero-order valence-electron chi connectivity index (χ0n) is 8.16. The van der Waals surface area contributed by atoms with Gasteiger partial charge >= 0.3 is 15.5 Å². The lowest BCUT2D eigenvalue weighted by atomic mass is 10.2. The molecule has 0 amide bonds. The highest BCUT2D eigenvalue weighted by Crippen LogP contribution is 2.21. The van der Waals surface area contributed by atoms with Crippen LogP contribution in [0.4, 0.5) is 13.2 Å². The summed E-state index contributed by atoms with van der Waals surface area (Å²) in [7, 11) is -5.22. The minimum absolute atomic E-state index is 0.218. The molecular weight excluding hydrogens is 243 g/mol. The van der Waals surface area contributed by atoms with Crippen LogP contribution in [-0.4, -0.2) is 20.5 Å². The van der Waals surface area contributed by atoms with Crippen molar-refractivity contribution in [2.75, 3.05) is 6.54 Å². The Kier molecular flexibility index (Phi) is 3.93. The van der Waals surface area contributed by atoms with E-state index in [1.165, 1.54) is 4.72 Å². The van der Waals surface area contributed by atoms with E-state index in [0.717, 1.165) is 5.56 Å². The SMILES string of the molecule is O=S(=O)(NCCc1ccccc1)C(F)(F)F. The van der Waals surface area contributed by atoms with E-state index in [0.29, 0.717) is 0 Å². The molecule has 0 aliphatic heterocycles. The van der Waals surface area contributed by atoms with Crippen LogP contribution in [0.5, 0.6) is 0 Å². The van der Waals surface area contributed by atoms with Gasteiger partial charge in [0.2, 0.25) is 0 Å². The number of hydrogen-bond donors (Lipinski definition) is 1. The number of benzene rings is 1. The van der Waals surface area contributed by atoms with Gasteiger partial charge in [0, 0.05) is 6.54 Å². The largest absolute Gasteiger partial charge is 0.511 e. The van der Waals surface area contributed by atoms with Gasteiger partial charge in [-0.15, -0.1) is 0 Å². The van der Waals surface area contributed by atoms with Crippen LogP contribution in [0.1, 0.15) is 5.56 Å². The van der Waals surface area contributed by atoms with Gasteiger partial charge in [-0.2, -0.15) is 13.2 Å². The van der Waals surface area contributed by atoms with E-state index in [2.05, 4.69) is 0 Å². The second-order valence-electron chi connectivity index (χ2n) is 3.08. The molecule has 0 aliphatic carbocycles. The van der Waals surface area contributed by atoms with Gasteiger partial charge in [0.1, 0.15) is 0 Å². The molecule has 90 valence electrons. The number of hydrogen-bond acceptors (Lipinski definition) is 2. The topological polar surface area (TPSA) is 46.2 Å². The highest BCUT2D eigenvalue weighted by molar-refractivity contribution is 7.90. The van der Waals surface area contributed by atoms with Gasteiger partial charge in [-0.25, -0.2) is 13.1 Å². The summed E-state index contributed by atoms with van der Waals surface area (Å²) in [6.07, 6.45) is 0.218. The summed E-state index contributed by atoms with van der Waals surface area (Å²) in [5, 5.41) is 0. The number of nitrogens with one attached hydrogen (secondary N) is 1. The molecule has 16 heavy (non-hydrogen) atoms. The van der Waals surface area contributed by atoms with Gasteiger partial charge in [-0.05, 0) is 12.0 Å². The van der Waals surface area contributed by atoms with Crippen LogP contribution in [0.15, 0.2) is 30.3 Å². The zero-order valence-corrected chi connectivity index (χ0v) is 8.98. The molecule has 0 spiro atoms. The van der Waals surface area contributed by atoms with E-state index >= 15 is 0 Å². The predicted molar refractivity (Wildman–Crippen MR) is 53.1 cm³/mol. The van der Waals surface area contributed by atoms with Gasteiger partial charge < -0.3 is 0 Å². The summed E-state index contributed by atoms with van der Waals surface area (Å²) in [6, 6.07) is 8.65. The summed E-state index contributed by atoms with van der Waals surface area (Å²) in [5.74, 6) is 0. The first kappa shape index (κ1) is 13.0. The maximum absolute atomic E-state index is 11.9. The summed E-state index contributed by atoms with van der Waals surface area (Å²) >= 11 is 0. The fourth-order valence-corrected chi connectivity index (χ4v) is 1.59. The molecule has 0 saturated heterocycles. The molecule has 0 atom stereocenters. The van der Waals surface area contributed by atoms with Crippen LogP contribution in [0.2, 0.25) is 0 Å². The van der Waals surface area contributed by atoms with Crippen LogP contribution >= 0.6 is 0 Å². The molecule has 1 aromatic carbocycles. The second-order valence-corrected chi connectivity index (χ2v) is 4.84. The van der Waals surface area contributed by atoms with E-state index in [1.54, 1.807) is 30.3 Å². The van der Waals surface area contributed by atoms with E-state index in [4.69, 9.17) is 0 Å². The first-order chi connectivity index (χ1) is 7.33. The fourth-order valence-electron chi connectivity index (χ4n) is 1.06. The van der Waals surface area contributed by atoms with Crippen molar-refractivity contribution in [3.05, 3.63) is 35.9 Å². The number of alkyl halides is 3. The third-order valence-electron chi connectivity index (χ3n) is 1.85. The predicted octanol–water partition coefficient (Wildman–Crippen LogP) is 1.67. The van der Waals surface area contributed by atoms with Gasteiger partial charge in [-0.1, -0.05) is 30.3 Å². The molecule has 0 fully saturated rings. The van der Waals surface area contributed by atoms with E-state index in [1.807, 2.05) is 0 Å². The van der Waals surface area contributed by atoms with Crippen LogP contribution in [0.3, 0.4) is 0 Å². The van der Waals surface area contributed by atoms with Crippen molar-refractivity contribution in [3.8, 4) is 0 Å². The lowest BCUT2D eigenvalue weighted by molar-refractivity contribution is -0.0447. The molecule has 0 bridgehead atoms. The average Bonchev–Trinajstić information content (AvgIpc) is 2.17. The van der Waals surface area contributed by atoms with E-state index in [9.17, 15) is 21.6 Å². The molecule has 0 saturated carbocycles. The molecule has 0 aliphatic rings. The maximum atomic E-state index is 11.9. The van der Waals surface area contributed by atoms with Crippen molar-refractivity contribution in [1.29, 1.82) is 0 Å². The van der Waals surface area contributed by atoms with Crippen molar-refractivity contribution in [1.82, 2.24) is 4.72 Å². The first-order valence-corrected chi connectivity index (χ1v) is 5.91. The first-order valence-electron chi connectivity index (χ1n) is 4.43. The summed E-state index contributed by atoms with van der Waals surface area (Å²) in [6.45, 7) is -0.272. The van der Waals surface area contributed by atoms with Gasteiger partial charge in [0.15, 0.2) is 0 Å². The fraction of sp³-hybridized carbons (Fsp3) is 0.333. The number of sulfonamides is 1. The smallest absolute Gasteiger partial charge is 0.207 e. The third kappa shape index (κ3) is 3.49. The molecule has 3 nitrogen and oxygen atoms in total. The van der Waals surface area contributed by atoms with Crippen LogP contribution in [0.25, 0.3) is 0 Å². The van der Waals surface area contributed by atoms with Crippen LogP contribution in [0, 0.1) is 0 Å². The van der Waals surface area contributed by atoms with Crippen molar-refractivity contribution in [2.45, 2.75) is 11.9 Å². The second kappa shape index (κ2) is 4.84. The van der Waals surface area contributed by atoms with Crippen molar-refractivity contribution < 1.29 is 21.6 Å². The molecule has 0 heterocycles. The molecule has 1 aromatic rings. The Morgan fingerprint density at radius 3 is 2.19 bits per heavy atom. The highest BCUT2D eigenvalue weighted by Gasteiger charge is 2.45. The van der Waals surface area contributed by atoms with Gasteiger partial charge in [-0.3, -0.25) is 0 Å². The molecule has 0 radical (unpaired) electrons. The van der Waals surface area contributed by atoms with E-state index in [-0.39, 0.29) is 13.0 Å². The Bertz CT molecular complexity index is 428. The Hall–Kier alpha value is -1.08. The Morgan fingerprint density at radius 1 is 1.12 bits per heavy atom. The molecular formula is C9H10F3NO2S. The summed E-state index contributed by atoms with van der Waals surface area (Å²) < 4.78 is 58.4. The monoisotopic (exact) mass is 253 g/mol. The Balaban J connectivity index is 2.49. The zero-order chi connectivity index (χ0) is 12.2. The minimum Gasteiger partial charge on any atom is -0.207 e. The number of rotatable bonds is 4. The summed E-state index contributed by atoms with van der Waals surface area (Å²) in [4.78, 5) is 0. The standard InChI is InChI=1S/C9H10F3NO2S/c10-9(11,12)16(14,15)13-7-6-8-4-2-1-3-5-8/h1-5,13H,6-7H2. The minimum atomic E-state index is -5.25. The van der Waals surface area contributed by atoms with Crippen molar-refractivity contribution in [2.24, 2.45) is 0 Å². The number of halogens is 3. The Labute approximate surface area is 91.3 Å². The normalized spacial score (nSPS) is 12.7. The Morgan fingerprint density at radius 2 is 1.69 bits per heavy atom. The molecule has 1 N–H and O–H groups in total. The third-order valence-corrected chi connectivity index (χ3v) is 3.05. The maximum Gasteiger partial charge on any atom is 0.511 e. The highest BCUT2D eigenvalue weighted by atomic mass is 32.2. The van der Waals surface area contributed by atoms with Gasteiger partial charge in [0.05, 0.1) is 0 Å². The molecule has 7 heteroatoms. The van der Waals surface area contributed by atoms with Crippen molar-refractivity contribution in [3.63, 3.8) is 0 Å². The van der Waals surface area contributed by atoms with E-state index < -0.39 is 15.5 Å². The van der Waals surface area contributed by atoms with Crippen molar-refractivity contribution >= 4 is 10.0 Å². The van der Waals surface area contributed by atoms with Crippen LogP contribution < -0.4 is 4.72 Å². The molecule has 0 aromatic heterocycles. The lowest BCUT2D eigenvalue weighted by Gasteiger charge is -2.09. The molecule has 1 rings (SSSR count). The quantitative estimate of drug-likeness (QED) is 0.887. The molecule has 0 unspecified atom stereocenters. The van der Waals surface area contributed by atoms with Gasteiger partial charge in [0.25, 0.3) is 0 Å². The average molecular weight is 253 g/mol. The lowest BCUT2D eigenvalue weighted by Crippen LogP contribution is -2.37. The van der Waals surface area contributed by atoms with Crippen LogP contribution in [-0.2, 0) is 16.4 Å².